The Balaban J connectivity index is 0.000000566. The number of terminal acetylenes is 1. The third kappa shape index (κ3) is 35.2. The van der Waals surface area contributed by atoms with Crippen LogP contribution in [0.4, 0.5) is 0 Å². The van der Waals surface area contributed by atoms with Gasteiger partial charge in [0.2, 0.25) is 0 Å². The molecule has 2 aliphatic heterocycles. The van der Waals surface area contributed by atoms with E-state index in [0.29, 0.717) is 171 Å². The van der Waals surface area contributed by atoms with Gasteiger partial charge in [0.15, 0.2) is 19.7 Å². The summed E-state index contributed by atoms with van der Waals surface area (Å²) >= 11 is 0. The van der Waals surface area contributed by atoms with Crippen LogP contribution < -0.4 is 11.1 Å². The van der Waals surface area contributed by atoms with Crippen molar-refractivity contribution in [2.45, 2.75) is 33.0 Å². The predicted molar refractivity (Wildman–Crippen MR) is 240 cm³/mol. The fraction of sp³-hybridized carbons (Fsp3) is 0.846. The van der Waals surface area contributed by atoms with E-state index in [1.54, 1.807) is 4.68 Å². The molecule has 0 amide bonds. The van der Waals surface area contributed by atoms with Crippen molar-refractivity contribution in [2.75, 3.05) is 181 Å². The Morgan fingerprint density at radius 1 is 0.794 bits per heavy atom. The van der Waals surface area contributed by atoms with E-state index in [2.05, 4.69) is 50.0 Å². The maximum absolute atomic E-state index is 11.5. The van der Waals surface area contributed by atoms with Gasteiger partial charge in [0.05, 0.1) is 148 Å². The second kappa shape index (κ2) is 38.4. The number of nitrogens with one attached hydrogen (secondary N) is 1. The Morgan fingerprint density at radius 2 is 1.24 bits per heavy atom. The molecule has 1 atom stereocenters. The maximum Gasteiger partial charge on any atom is 0.152 e. The monoisotopic (exact) mass is 938 g/mol. The molecule has 364 valence electrons. The lowest BCUT2D eigenvalue weighted by molar-refractivity contribution is -0.00250. The zero-order chi connectivity index (χ0) is 46.3. The Morgan fingerprint density at radius 3 is 1.70 bits per heavy atom. The molecule has 0 aliphatic carbocycles. The van der Waals surface area contributed by atoms with Crippen LogP contribution in [0.2, 0.25) is 0 Å². The number of sulfone groups is 2. The molecule has 0 saturated carbocycles. The highest BCUT2D eigenvalue weighted by Gasteiger charge is 2.22. The minimum absolute atomic E-state index is 0.214. The summed E-state index contributed by atoms with van der Waals surface area (Å²) in [5, 5.41) is 14.9. The predicted octanol–water partition coefficient (Wildman–Crippen LogP) is -0.199. The van der Waals surface area contributed by atoms with E-state index in [4.69, 9.17) is 55.6 Å². The zero-order valence-corrected chi connectivity index (χ0v) is 39.2. The minimum atomic E-state index is -2.86. The van der Waals surface area contributed by atoms with E-state index in [0.717, 1.165) is 17.8 Å². The fourth-order valence-electron chi connectivity index (χ4n) is 5.13. The molecule has 0 spiro atoms. The van der Waals surface area contributed by atoms with Crippen LogP contribution >= 0.6 is 0 Å². The van der Waals surface area contributed by atoms with Crippen LogP contribution in [0, 0.1) is 12.3 Å². The first-order valence-electron chi connectivity index (χ1n) is 21.3. The molecular weight excluding hydrogens is 865 g/mol. The molecule has 0 radical (unpaired) electrons. The van der Waals surface area contributed by atoms with Crippen molar-refractivity contribution in [3.05, 3.63) is 34.5 Å². The number of rotatable bonds is 34. The first-order chi connectivity index (χ1) is 30.4. The summed E-state index contributed by atoms with van der Waals surface area (Å²) in [6.07, 6.45) is 6.96. The van der Waals surface area contributed by atoms with Gasteiger partial charge in [-0.1, -0.05) is 28.4 Å². The van der Waals surface area contributed by atoms with Crippen LogP contribution in [0.15, 0.2) is 23.5 Å². The molecule has 22 nitrogen and oxygen atoms in total. The lowest BCUT2D eigenvalue weighted by Gasteiger charge is -2.25. The summed E-state index contributed by atoms with van der Waals surface area (Å²) in [5.74, 6) is 3.44. The molecule has 3 N–H and O–H groups in total. The number of hydrogen-bond donors (Lipinski definition) is 2. The van der Waals surface area contributed by atoms with Gasteiger partial charge in [-0.25, -0.2) is 21.5 Å². The summed E-state index contributed by atoms with van der Waals surface area (Å²) in [6, 6.07) is 0.303. The van der Waals surface area contributed by atoms with Gasteiger partial charge in [0.25, 0.3) is 0 Å². The Kier molecular flexibility index (Phi) is 35.5. The van der Waals surface area contributed by atoms with Gasteiger partial charge < -0.3 is 48.9 Å². The molecule has 3 heterocycles. The van der Waals surface area contributed by atoms with Crippen LogP contribution in [0.5, 0.6) is 0 Å². The Hall–Kier alpha value is -2.83. The van der Waals surface area contributed by atoms with Gasteiger partial charge in [-0.3, -0.25) is 9.80 Å². The molecule has 0 aromatic carbocycles. The van der Waals surface area contributed by atoms with E-state index in [1.165, 1.54) is 0 Å². The maximum atomic E-state index is 11.5. The Bertz CT molecular complexity index is 1580. The molecular formula is C39H74N10O12S2. The fourth-order valence-corrected chi connectivity index (χ4v) is 7.69. The standard InChI is InChI=1S/C22H41N5O6S.C10H22N4O4.C7H11NO2S/c1-20(2)21(3)23-4-8-30-10-12-32-14-15-33-13-11-31-9-5-27-19-22(24-25-27)18-26-6-16-34(28,29)17-7-26;11-1-3-15-5-7-17-9-10-18-8-6-16-4-2-13-14-12;1-2-3-8-4-6-11(9,10)7-5-8/h19,21,23H,1,4-18H2,2-3H3;1-11H2;1H,3-7H2. The van der Waals surface area contributed by atoms with Gasteiger partial charge >= 0.3 is 0 Å². The van der Waals surface area contributed by atoms with Crippen molar-refractivity contribution in [3.63, 3.8) is 0 Å². The second-order valence-electron chi connectivity index (χ2n) is 14.2. The number of aromatic nitrogens is 3. The SMILES string of the molecule is C#CCN1CCS(=O)(=O)CC1.C=C(C)C(C)NCCOCCOCCOCCOCCn1cc(CN2CCS(=O)(=O)CC2)nn1.[N-]=[N+]=NCCOCCOCCOCCOCCN. The normalized spacial score (nSPS) is 16.4. The molecule has 63 heavy (non-hydrogen) atoms. The zero-order valence-electron chi connectivity index (χ0n) is 37.5. The molecule has 3 rings (SSSR count). The Labute approximate surface area is 375 Å². The molecule has 1 aromatic rings. The van der Waals surface area contributed by atoms with Crippen molar-refractivity contribution in [3.8, 4) is 12.3 Å². The first kappa shape index (κ1) is 58.2. The van der Waals surface area contributed by atoms with E-state index in [1.807, 2.05) is 18.0 Å². The molecule has 1 unspecified atom stereocenters. The van der Waals surface area contributed by atoms with Crippen molar-refractivity contribution < 1.29 is 54.7 Å². The first-order valence-corrected chi connectivity index (χ1v) is 24.9. The number of hydrogen-bond acceptors (Lipinski definition) is 19. The average Bonchev–Trinajstić information content (AvgIpc) is 3.71. The van der Waals surface area contributed by atoms with E-state index in [-0.39, 0.29) is 23.0 Å². The highest BCUT2D eigenvalue weighted by atomic mass is 32.2. The largest absolute Gasteiger partial charge is 0.379 e. The molecule has 2 saturated heterocycles. The van der Waals surface area contributed by atoms with E-state index >= 15 is 0 Å². The topological polar surface area (TPSA) is 266 Å². The van der Waals surface area contributed by atoms with Crippen molar-refractivity contribution in [1.29, 1.82) is 0 Å². The van der Waals surface area contributed by atoms with Crippen molar-refractivity contribution in [1.82, 2.24) is 30.1 Å². The number of nitrogens with zero attached hydrogens (tertiary/aromatic N) is 8. The summed E-state index contributed by atoms with van der Waals surface area (Å²) in [4.78, 5) is 6.67. The molecule has 1 aromatic heterocycles. The van der Waals surface area contributed by atoms with E-state index in [9.17, 15) is 16.8 Å². The lowest BCUT2D eigenvalue weighted by atomic mass is 10.2. The quantitative estimate of drug-likeness (QED) is 0.0226. The summed E-state index contributed by atoms with van der Waals surface area (Å²) in [5.41, 5.74) is 15.2. The van der Waals surface area contributed by atoms with Crippen LogP contribution in [-0.4, -0.2) is 229 Å². The van der Waals surface area contributed by atoms with Gasteiger partial charge in [-0.05, 0) is 19.4 Å². The third-order valence-corrected chi connectivity index (χ3v) is 12.2. The molecule has 2 fully saturated rings. The highest BCUT2D eigenvalue weighted by molar-refractivity contribution is 7.91. The van der Waals surface area contributed by atoms with Gasteiger partial charge in [-0.2, -0.15) is 0 Å². The van der Waals surface area contributed by atoms with E-state index < -0.39 is 19.7 Å². The summed E-state index contributed by atoms with van der Waals surface area (Å²) in [6.45, 7) is 22.2. The summed E-state index contributed by atoms with van der Waals surface area (Å²) < 4.78 is 89.4. The van der Waals surface area contributed by atoms with Crippen molar-refractivity contribution in [2.24, 2.45) is 10.8 Å². The van der Waals surface area contributed by atoms with Crippen molar-refractivity contribution >= 4 is 19.7 Å². The number of azide groups is 1. The van der Waals surface area contributed by atoms with Gasteiger partial charge in [0, 0.05) is 69.5 Å². The van der Waals surface area contributed by atoms with Gasteiger partial charge in [0.1, 0.15) is 0 Å². The smallest absolute Gasteiger partial charge is 0.152 e. The number of nitrogens with two attached hydrogens (primary N) is 1. The third-order valence-electron chi connectivity index (χ3n) is 8.95. The lowest BCUT2D eigenvalue weighted by Crippen LogP contribution is -2.40. The van der Waals surface area contributed by atoms with Gasteiger partial charge in [-0.15, -0.1) is 11.5 Å². The van der Waals surface area contributed by atoms with Crippen LogP contribution in [0.25, 0.3) is 10.4 Å². The van der Waals surface area contributed by atoms with Crippen LogP contribution in [0.1, 0.15) is 19.5 Å². The minimum Gasteiger partial charge on any atom is -0.379 e. The molecule has 24 heteroatoms. The molecule has 2 aliphatic rings. The number of ether oxygens (including phenoxy) is 8. The van der Waals surface area contributed by atoms with Crippen LogP contribution in [-0.2, 0) is 70.7 Å². The van der Waals surface area contributed by atoms with Crippen LogP contribution in [0.3, 0.4) is 0 Å². The highest BCUT2D eigenvalue weighted by Crippen LogP contribution is 2.08. The summed E-state index contributed by atoms with van der Waals surface area (Å²) in [7, 11) is -5.61. The average molecular weight is 939 g/mol. The molecule has 0 bridgehead atoms. The second-order valence-corrected chi connectivity index (χ2v) is 18.8.